The second-order valence-corrected chi connectivity index (χ2v) is 5.06. The number of hydrogen-bond acceptors (Lipinski definition) is 3. The molecule has 0 unspecified atom stereocenters. The summed E-state index contributed by atoms with van der Waals surface area (Å²) >= 11 is 0. The monoisotopic (exact) mass is 297 g/mol. The summed E-state index contributed by atoms with van der Waals surface area (Å²) in [7, 11) is 0. The first-order valence-corrected chi connectivity index (χ1v) is 7.13. The number of hydrogen-bond donors (Lipinski definition) is 1. The average molecular weight is 297 g/mol. The maximum absolute atomic E-state index is 12.4. The Labute approximate surface area is 130 Å². The van der Waals surface area contributed by atoms with Gasteiger partial charge in [0.1, 0.15) is 5.82 Å². The highest BCUT2D eigenvalue weighted by atomic mass is 16.2. The van der Waals surface area contributed by atoms with Gasteiger partial charge in [-0.2, -0.15) is 0 Å². The molecule has 1 aromatic carbocycles. The molecule has 5 heteroatoms. The molecule has 0 spiro atoms. The standard InChI is InChI=1S/C17H19N3O2/c1-4-20(14-7-5-6-12(2)10-14)17(22)16(21)19-15-11-13(3)8-9-18-15/h5-11H,4H2,1-3H3,(H,18,19,21). The number of nitrogens with one attached hydrogen (secondary N) is 1. The second-order valence-electron chi connectivity index (χ2n) is 5.06. The van der Waals surface area contributed by atoms with E-state index in [-0.39, 0.29) is 0 Å². The summed E-state index contributed by atoms with van der Waals surface area (Å²) in [6.07, 6.45) is 1.59. The molecule has 114 valence electrons. The van der Waals surface area contributed by atoms with Gasteiger partial charge >= 0.3 is 11.8 Å². The average Bonchev–Trinajstić information content (AvgIpc) is 2.48. The van der Waals surface area contributed by atoms with Crippen molar-refractivity contribution in [2.75, 3.05) is 16.8 Å². The van der Waals surface area contributed by atoms with E-state index in [0.29, 0.717) is 18.1 Å². The van der Waals surface area contributed by atoms with Crippen LogP contribution in [0.15, 0.2) is 42.6 Å². The zero-order chi connectivity index (χ0) is 16.1. The Morgan fingerprint density at radius 1 is 1.14 bits per heavy atom. The molecule has 0 aliphatic rings. The van der Waals surface area contributed by atoms with E-state index in [1.54, 1.807) is 12.3 Å². The Morgan fingerprint density at radius 3 is 2.50 bits per heavy atom. The van der Waals surface area contributed by atoms with E-state index in [2.05, 4.69) is 10.3 Å². The molecule has 0 atom stereocenters. The number of anilines is 2. The summed E-state index contributed by atoms with van der Waals surface area (Å²) in [5.41, 5.74) is 2.70. The van der Waals surface area contributed by atoms with Gasteiger partial charge in [0.05, 0.1) is 0 Å². The predicted molar refractivity (Wildman–Crippen MR) is 86.8 cm³/mol. The van der Waals surface area contributed by atoms with Crippen LogP contribution in [0.5, 0.6) is 0 Å². The molecular formula is C17H19N3O2. The van der Waals surface area contributed by atoms with Crippen LogP contribution in [0.2, 0.25) is 0 Å². The van der Waals surface area contributed by atoms with Crippen LogP contribution in [0.3, 0.4) is 0 Å². The van der Waals surface area contributed by atoms with Gasteiger partial charge in [-0.1, -0.05) is 12.1 Å². The van der Waals surface area contributed by atoms with E-state index in [4.69, 9.17) is 0 Å². The number of aromatic nitrogens is 1. The van der Waals surface area contributed by atoms with Crippen LogP contribution in [-0.4, -0.2) is 23.3 Å². The van der Waals surface area contributed by atoms with Crippen molar-refractivity contribution >= 4 is 23.3 Å². The molecule has 1 aromatic heterocycles. The lowest BCUT2D eigenvalue weighted by Crippen LogP contribution is -2.39. The lowest BCUT2D eigenvalue weighted by atomic mass is 10.2. The van der Waals surface area contributed by atoms with Crippen LogP contribution < -0.4 is 10.2 Å². The quantitative estimate of drug-likeness (QED) is 0.886. The predicted octanol–water partition coefficient (Wildman–Crippen LogP) is 2.69. The molecule has 2 rings (SSSR count). The first-order chi connectivity index (χ1) is 10.5. The van der Waals surface area contributed by atoms with Crippen molar-refractivity contribution < 1.29 is 9.59 Å². The first-order valence-electron chi connectivity index (χ1n) is 7.13. The van der Waals surface area contributed by atoms with E-state index in [1.165, 1.54) is 4.90 Å². The molecule has 0 fully saturated rings. The molecule has 5 nitrogen and oxygen atoms in total. The van der Waals surface area contributed by atoms with Crippen molar-refractivity contribution in [1.82, 2.24) is 4.98 Å². The minimum Gasteiger partial charge on any atom is -0.304 e. The fraction of sp³-hybridized carbons (Fsp3) is 0.235. The van der Waals surface area contributed by atoms with Crippen molar-refractivity contribution in [2.45, 2.75) is 20.8 Å². The highest BCUT2D eigenvalue weighted by Gasteiger charge is 2.22. The maximum Gasteiger partial charge on any atom is 0.316 e. The zero-order valence-electron chi connectivity index (χ0n) is 13.0. The third-order valence-electron chi connectivity index (χ3n) is 3.23. The Kier molecular flexibility index (Phi) is 4.88. The van der Waals surface area contributed by atoms with Crippen LogP contribution in [0.1, 0.15) is 18.1 Å². The van der Waals surface area contributed by atoms with Crippen molar-refractivity contribution in [3.8, 4) is 0 Å². The number of aryl methyl sites for hydroxylation is 2. The Morgan fingerprint density at radius 2 is 1.86 bits per heavy atom. The van der Waals surface area contributed by atoms with Crippen molar-refractivity contribution in [3.05, 3.63) is 53.7 Å². The summed E-state index contributed by atoms with van der Waals surface area (Å²) < 4.78 is 0. The molecular weight excluding hydrogens is 278 g/mol. The first kappa shape index (κ1) is 15.7. The van der Waals surface area contributed by atoms with Gasteiger partial charge in [0.15, 0.2) is 0 Å². The van der Waals surface area contributed by atoms with E-state index in [9.17, 15) is 9.59 Å². The van der Waals surface area contributed by atoms with Gasteiger partial charge < -0.3 is 10.2 Å². The fourth-order valence-electron chi connectivity index (χ4n) is 2.14. The Hall–Kier alpha value is -2.69. The van der Waals surface area contributed by atoms with Gasteiger partial charge in [0, 0.05) is 18.4 Å². The van der Waals surface area contributed by atoms with Gasteiger partial charge in [-0.05, 0) is 56.2 Å². The van der Waals surface area contributed by atoms with Crippen molar-refractivity contribution in [3.63, 3.8) is 0 Å². The number of amides is 2. The number of likely N-dealkylation sites (N-methyl/N-ethyl adjacent to an activating group) is 1. The molecule has 22 heavy (non-hydrogen) atoms. The Bertz CT molecular complexity index is 698. The smallest absolute Gasteiger partial charge is 0.304 e. The molecule has 0 aliphatic carbocycles. The largest absolute Gasteiger partial charge is 0.316 e. The van der Waals surface area contributed by atoms with Crippen LogP contribution in [-0.2, 0) is 9.59 Å². The number of pyridine rings is 1. The van der Waals surface area contributed by atoms with E-state index in [0.717, 1.165) is 11.1 Å². The maximum atomic E-state index is 12.4. The summed E-state index contributed by atoms with van der Waals surface area (Å²) in [5, 5.41) is 2.54. The third kappa shape index (κ3) is 3.69. The Balaban J connectivity index is 2.16. The lowest BCUT2D eigenvalue weighted by Gasteiger charge is -2.20. The molecule has 0 radical (unpaired) electrons. The molecule has 1 heterocycles. The van der Waals surface area contributed by atoms with E-state index >= 15 is 0 Å². The van der Waals surface area contributed by atoms with Gasteiger partial charge in [-0.3, -0.25) is 9.59 Å². The highest BCUT2D eigenvalue weighted by Crippen LogP contribution is 2.16. The minimum atomic E-state index is -0.693. The highest BCUT2D eigenvalue weighted by molar-refractivity contribution is 6.44. The molecule has 0 saturated heterocycles. The zero-order valence-corrected chi connectivity index (χ0v) is 13.0. The normalized spacial score (nSPS) is 10.1. The van der Waals surface area contributed by atoms with Gasteiger partial charge in [-0.25, -0.2) is 4.98 Å². The third-order valence-corrected chi connectivity index (χ3v) is 3.23. The number of nitrogens with zero attached hydrogens (tertiary/aromatic N) is 2. The summed E-state index contributed by atoms with van der Waals surface area (Å²) in [4.78, 5) is 30.0. The molecule has 2 amide bonds. The van der Waals surface area contributed by atoms with Crippen molar-refractivity contribution in [2.24, 2.45) is 0 Å². The summed E-state index contributed by atoms with van der Waals surface area (Å²) in [6.45, 7) is 6.08. The SMILES string of the molecule is CCN(C(=O)C(=O)Nc1cc(C)ccn1)c1cccc(C)c1. The van der Waals surface area contributed by atoms with Crippen LogP contribution >= 0.6 is 0 Å². The number of benzene rings is 1. The number of carbonyl (C=O) groups excluding carboxylic acids is 2. The summed E-state index contributed by atoms with van der Waals surface area (Å²) in [6, 6.07) is 11.0. The van der Waals surface area contributed by atoms with Crippen LogP contribution in [0, 0.1) is 13.8 Å². The van der Waals surface area contributed by atoms with E-state index in [1.807, 2.05) is 51.1 Å². The van der Waals surface area contributed by atoms with Gasteiger partial charge in [-0.15, -0.1) is 0 Å². The topological polar surface area (TPSA) is 62.3 Å². The molecule has 2 aromatic rings. The lowest BCUT2D eigenvalue weighted by molar-refractivity contribution is -0.134. The fourth-order valence-corrected chi connectivity index (χ4v) is 2.14. The number of rotatable bonds is 3. The molecule has 0 saturated carbocycles. The number of carbonyl (C=O) groups is 2. The van der Waals surface area contributed by atoms with Crippen LogP contribution in [0.25, 0.3) is 0 Å². The van der Waals surface area contributed by atoms with E-state index < -0.39 is 11.8 Å². The van der Waals surface area contributed by atoms with Gasteiger partial charge in [0.25, 0.3) is 0 Å². The van der Waals surface area contributed by atoms with Gasteiger partial charge in [0.2, 0.25) is 0 Å². The minimum absolute atomic E-state index is 0.374. The second kappa shape index (κ2) is 6.85. The molecule has 0 bridgehead atoms. The molecule has 0 aliphatic heterocycles. The van der Waals surface area contributed by atoms with Crippen molar-refractivity contribution in [1.29, 1.82) is 0 Å². The molecule has 1 N–H and O–H groups in total. The van der Waals surface area contributed by atoms with Crippen LogP contribution in [0.4, 0.5) is 11.5 Å². The summed E-state index contributed by atoms with van der Waals surface area (Å²) in [5.74, 6) is -0.920.